The van der Waals surface area contributed by atoms with Crippen LogP contribution in [0.3, 0.4) is 0 Å². The largest absolute Gasteiger partial charge is 0.573 e. The molecule has 188 valence electrons. The van der Waals surface area contributed by atoms with Crippen molar-refractivity contribution in [3.05, 3.63) is 69.9 Å². The molecule has 3 aliphatic rings. The molecule has 1 aromatic carbocycles. The standard InChI is InChI=1S/C24H20F4N4O4/c1-13-9-31(12-29-13)17-3-4-18-20(33)30(5-6-32(18)21(17)34)11-23-10-22(23,2)36-19-15(23)7-14(8-16(19)25)35-24(26,27)28/h3-4,7-9,12H,5-6,10-11H2,1-2H3. The van der Waals surface area contributed by atoms with E-state index >= 15 is 0 Å². The zero-order valence-corrected chi connectivity index (χ0v) is 19.2. The summed E-state index contributed by atoms with van der Waals surface area (Å²) in [5.74, 6) is -2.16. The van der Waals surface area contributed by atoms with Gasteiger partial charge in [0, 0.05) is 43.9 Å². The van der Waals surface area contributed by atoms with Crippen LogP contribution in [-0.4, -0.2) is 50.0 Å². The summed E-state index contributed by atoms with van der Waals surface area (Å²) >= 11 is 0. The van der Waals surface area contributed by atoms with Crippen molar-refractivity contribution in [1.29, 1.82) is 0 Å². The highest BCUT2D eigenvalue weighted by Gasteiger charge is 2.73. The summed E-state index contributed by atoms with van der Waals surface area (Å²) in [4.78, 5) is 32.1. The first-order chi connectivity index (χ1) is 16.9. The van der Waals surface area contributed by atoms with Crippen LogP contribution in [0, 0.1) is 12.7 Å². The minimum absolute atomic E-state index is 0.0981. The number of aryl methyl sites for hydroxylation is 1. The molecular formula is C24H20F4N4O4. The summed E-state index contributed by atoms with van der Waals surface area (Å²) in [6.45, 7) is 4.07. The molecule has 6 rings (SSSR count). The first-order valence-corrected chi connectivity index (χ1v) is 11.2. The number of fused-ring (bicyclic) bond motifs is 4. The topological polar surface area (TPSA) is 78.6 Å². The second-order valence-corrected chi connectivity index (χ2v) is 9.63. The molecule has 2 aliphatic heterocycles. The van der Waals surface area contributed by atoms with Crippen LogP contribution in [0.25, 0.3) is 5.69 Å². The van der Waals surface area contributed by atoms with Crippen LogP contribution in [-0.2, 0) is 12.0 Å². The van der Waals surface area contributed by atoms with Crippen molar-refractivity contribution in [2.45, 2.75) is 44.2 Å². The maximum absolute atomic E-state index is 14.6. The van der Waals surface area contributed by atoms with Gasteiger partial charge in [-0.2, -0.15) is 0 Å². The highest BCUT2D eigenvalue weighted by molar-refractivity contribution is 5.93. The van der Waals surface area contributed by atoms with Gasteiger partial charge >= 0.3 is 6.36 Å². The normalized spacial score (nSPS) is 24.2. The van der Waals surface area contributed by atoms with E-state index in [1.54, 1.807) is 36.7 Å². The Morgan fingerprint density at radius 1 is 1.19 bits per heavy atom. The van der Waals surface area contributed by atoms with Gasteiger partial charge in [-0.15, -0.1) is 13.2 Å². The molecule has 3 aromatic rings. The molecule has 2 atom stereocenters. The predicted molar refractivity (Wildman–Crippen MR) is 117 cm³/mol. The Labute approximate surface area is 201 Å². The van der Waals surface area contributed by atoms with Crippen molar-refractivity contribution in [3.8, 4) is 17.2 Å². The molecule has 0 saturated heterocycles. The van der Waals surface area contributed by atoms with Gasteiger partial charge in [-0.3, -0.25) is 9.59 Å². The number of ether oxygens (including phenoxy) is 2. The highest BCUT2D eigenvalue weighted by Crippen LogP contribution is 2.68. The molecule has 1 saturated carbocycles. The fraction of sp³-hybridized carbons (Fsp3) is 0.375. The number of amides is 1. The van der Waals surface area contributed by atoms with Gasteiger partial charge in [0.1, 0.15) is 22.7 Å². The second kappa shape index (κ2) is 7.11. The first kappa shape index (κ1) is 22.6. The second-order valence-electron chi connectivity index (χ2n) is 9.63. The van der Waals surface area contributed by atoms with Gasteiger partial charge in [-0.05, 0) is 32.0 Å². The van der Waals surface area contributed by atoms with E-state index in [2.05, 4.69) is 9.72 Å². The number of nitrogens with zero attached hydrogens (tertiary/aromatic N) is 4. The number of halogens is 4. The SMILES string of the molecule is Cc1cn(-c2ccc3n(c2=O)CCN(CC24CC2(C)Oc2c(F)cc(OC(F)(F)F)cc24)C3=O)cn1. The molecule has 1 aliphatic carbocycles. The third-order valence-electron chi connectivity index (χ3n) is 7.32. The van der Waals surface area contributed by atoms with Gasteiger partial charge in [0.25, 0.3) is 11.5 Å². The zero-order valence-electron chi connectivity index (χ0n) is 19.2. The Morgan fingerprint density at radius 2 is 1.97 bits per heavy atom. The Morgan fingerprint density at radius 3 is 2.67 bits per heavy atom. The van der Waals surface area contributed by atoms with E-state index < -0.39 is 34.9 Å². The summed E-state index contributed by atoms with van der Waals surface area (Å²) in [7, 11) is 0. The number of carbonyl (C=O) groups is 1. The molecule has 1 fully saturated rings. The van der Waals surface area contributed by atoms with E-state index in [0.29, 0.717) is 18.2 Å². The van der Waals surface area contributed by atoms with E-state index in [9.17, 15) is 27.2 Å². The van der Waals surface area contributed by atoms with Gasteiger partial charge < -0.3 is 23.5 Å². The first-order valence-electron chi connectivity index (χ1n) is 11.2. The summed E-state index contributed by atoms with van der Waals surface area (Å²) < 4.78 is 65.7. The summed E-state index contributed by atoms with van der Waals surface area (Å²) in [5, 5.41) is 0. The summed E-state index contributed by atoms with van der Waals surface area (Å²) in [5.41, 5.74) is -0.548. The van der Waals surface area contributed by atoms with Gasteiger partial charge in [-0.1, -0.05) is 0 Å². The maximum Gasteiger partial charge on any atom is 0.573 e. The average molecular weight is 504 g/mol. The molecular weight excluding hydrogens is 484 g/mol. The number of benzene rings is 1. The van der Waals surface area contributed by atoms with Crippen molar-refractivity contribution in [3.63, 3.8) is 0 Å². The number of alkyl halides is 3. The molecule has 1 amide bonds. The highest BCUT2D eigenvalue weighted by atomic mass is 19.4. The molecule has 4 heterocycles. The van der Waals surface area contributed by atoms with Crippen LogP contribution in [0.15, 0.2) is 41.6 Å². The van der Waals surface area contributed by atoms with Crippen LogP contribution in [0.5, 0.6) is 11.5 Å². The molecule has 0 N–H and O–H groups in total. The van der Waals surface area contributed by atoms with Crippen LogP contribution < -0.4 is 15.0 Å². The third kappa shape index (κ3) is 3.23. The smallest absolute Gasteiger partial charge is 0.483 e. The van der Waals surface area contributed by atoms with E-state index in [1.807, 2.05) is 0 Å². The zero-order chi connectivity index (χ0) is 25.6. The lowest BCUT2D eigenvalue weighted by atomic mass is 9.92. The van der Waals surface area contributed by atoms with Crippen LogP contribution in [0.1, 0.15) is 35.1 Å². The van der Waals surface area contributed by atoms with Crippen molar-refractivity contribution >= 4 is 5.91 Å². The predicted octanol–water partition coefficient (Wildman–Crippen LogP) is 3.33. The van der Waals surface area contributed by atoms with Crippen molar-refractivity contribution in [2.24, 2.45) is 0 Å². The molecule has 0 spiro atoms. The number of aromatic nitrogens is 3. The molecule has 36 heavy (non-hydrogen) atoms. The van der Waals surface area contributed by atoms with Gasteiger partial charge in [0.2, 0.25) is 0 Å². The van der Waals surface area contributed by atoms with Crippen LogP contribution >= 0.6 is 0 Å². The van der Waals surface area contributed by atoms with Crippen molar-refractivity contribution in [2.75, 3.05) is 13.1 Å². The molecule has 12 heteroatoms. The quantitative estimate of drug-likeness (QED) is 0.510. The Hall–Kier alpha value is -3.83. The van der Waals surface area contributed by atoms with Gasteiger partial charge in [-0.25, -0.2) is 9.37 Å². The van der Waals surface area contributed by atoms with E-state index in [4.69, 9.17) is 4.74 Å². The summed E-state index contributed by atoms with van der Waals surface area (Å²) in [6.07, 6.45) is -1.34. The van der Waals surface area contributed by atoms with Crippen molar-refractivity contribution in [1.82, 2.24) is 19.0 Å². The molecule has 0 bridgehead atoms. The van der Waals surface area contributed by atoms with E-state index in [1.165, 1.54) is 15.8 Å². The number of imidazole rings is 1. The Kier molecular flexibility index (Phi) is 4.47. The van der Waals surface area contributed by atoms with Crippen LogP contribution in [0.2, 0.25) is 0 Å². The number of rotatable bonds is 4. The number of pyridine rings is 1. The Balaban J connectivity index is 1.32. The lowest BCUT2D eigenvalue weighted by Crippen LogP contribution is -2.48. The number of carbonyl (C=O) groups excluding carboxylic acids is 1. The van der Waals surface area contributed by atoms with E-state index in [0.717, 1.165) is 11.8 Å². The Bertz CT molecular complexity index is 1500. The van der Waals surface area contributed by atoms with Crippen molar-refractivity contribution < 1.29 is 31.8 Å². The lowest BCUT2D eigenvalue weighted by Gasteiger charge is -2.32. The average Bonchev–Trinajstić information content (AvgIpc) is 3.03. The molecule has 2 aromatic heterocycles. The summed E-state index contributed by atoms with van der Waals surface area (Å²) in [6, 6.07) is 4.90. The van der Waals surface area contributed by atoms with Gasteiger partial charge in [0.05, 0.1) is 17.4 Å². The molecule has 8 nitrogen and oxygen atoms in total. The lowest BCUT2D eigenvalue weighted by molar-refractivity contribution is -0.274. The minimum atomic E-state index is -4.98. The van der Waals surface area contributed by atoms with Gasteiger partial charge in [0.15, 0.2) is 11.6 Å². The molecule has 2 unspecified atom stereocenters. The number of hydrogen-bond acceptors (Lipinski definition) is 5. The third-order valence-corrected chi connectivity index (χ3v) is 7.32. The fourth-order valence-electron chi connectivity index (χ4n) is 5.49. The number of hydrogen-bond donors (Lipinski definition) is 0. The van der Waals surface area contributed by atoms with Crippen LogP contribution in [0.4, 0.5) is 17.6 Å². The van der Waals surface area contributed by atoms with E-state index in [-0.39, 0.29) is 42.2 Å². The molecule has 0 radical (unpaired) electrons. The monoisotopic (exact) mass is 504 g/mol. The minimum Gasteiger partial charge on any atom is -0.483 e. The maximum atomic E-state index is 14.6. The fourth-order valence-corrected chi connectivity index (χ4v) is 5.49.